The van der Waals surface area contributed by atoms with E-state index in [2.05, 4.69) is 25.7 Å². The van der Waals surface area contributed by atoms with E-state index in [9.17, 15) is 4.79 Å². The number of carbonyl (C=O) groups is 1. The Hall–Kier alpha value is -0.610. The fourth-order valence-electron chi connectivity index (χ4n) is 1.45. The zero-order chi connectivity index (χ0) is 12.1. The van der Waals surface area contributed by atoms with Gasteiger partial charge in [-0.05, 0) is 18.5 Å². The number of primary amides is 1. The molecule has 1 unspecified atom stereocenters. The van der Waals surface area contributed by atoms with Gasteiger partial charge in [-0.1, -0.05) is 27.7 Å². The number of carbonyl (C=O) groups excluding carboxylic acids is 1. The van der Waals surface area contributed by atoms with Crippen LogP contribution in [0.15, 0.2) is 0 Å². The molecule has 0 fully saturated rings. The van der Waals surface area contributed by atoms with Crippen molar-refractivity contribution in [3.05, 3.63) is 0 Å². The van der Waals surface area contributed by atoms with Gasteiger partial charge >= 0.3 is 0 Å². The summed E-state index contributed by atoms with van der Waals surface area (Å²) in [5.41, 5.74) is 11.0. The Kier molecular flexibility index (Phi) is 5.83. The topological polar surface area (TPSA) is 72.3 Å². The molecule has 0 aromatic heterocycles. The zero-order valence-electron chi connectivity index (χ0n) is 10.4. The van der Waals surface area contributed by atoms with Crippen molar-refractivity contribution in [1.82, 2.24) is 4.90 Å². The minimum atomic E-state index is -0.237. The maximum Gasteiger partial charge on any atom is 0.221 e. The van der Waals surface area contributed by atoms with E-state index < -0.39 is 0 Å². The van der Waals surface area contributed by atoms with Crippen LogP contribution in [0.4, 0.5) is 0 Å². The molecule has 4 N–H and O–H groups in total. The Bertz CT molecular complexity index is 204. The van der Waals surface area contributed by atoms with Gasteiger partial charge in [0.2, 0.25) is 5.91 Å². The third-order valence-corrected chi connectivity index (χ3v) is 2.67. The Morgan fingerprint density at radius 3 is 2.33 bits per heavy atom. The predicted molar refractivity (Wildman–Crippen MR) is 63.3 cm³/mol. The largest absolute Gasteiger partial charge is 0.369 e. The first kappa shape index (κ1) is 14.4. The van der Waals surface area contributed by atoms with Crippen molar-refractivity contribution >= 4 is 5.91 Å². The van der Waals surface area contributed by atoms with Crippen LogP contribution in [0.25, 0.3) is 0 Å². The molecule has 0 rings (SSSR count). The SMILES string of the molecule is CCN(CC(C)C(N)=O)CC(C)(C)CN. The van der Waals surface area contributed by atoms with Crippen molar-refractivity contribution in [2.75, 3.05) is 26.2 Å². The Morgan fingerprint density at radius 1 is 1.47 bits per heavy atom. The predicted octanol–water partition coefficient (Wildman–Crippen LogP) is 0.415. The van der Waals surface area contributed by atoms with Crippen LogP contribution in [0.2, 0.25) is 0 Å². The Morgan fingerprint density at radius 2 is 2.00 bits per heavy atom. The van der Waals surface area contributed by atoms with E-state index in [4.69, 9.17) is 11.5 Å². The van der Waals surface area contributed by atoms with Crippen LogP contribution in [0.3, 0.4) is 0 Å². The Balaban J connectivity index is 4.20. The van der Waals surface area contributed by atoms with Gasteiger partial charge in [0.25, 0.3) is 0 Å². The van der Waals surface area contributed by atoms with Gasteiger partial charge in [-0.25, -0.2) is 0 Å². The quantitative estimate of drug-likeness (QED) is 0.646. The summed E-state index contributed by atoms with van der Waals surface area (Å²) < 4.78 is 0. The lowest BCUT2D eigenvalue weighted by Crippen LogP contribution is -2.42. The molecule has 0 saturated heterocycles. The first-order valence-corrected chi connectivity index (χ1v) is 5.54. The maximum absolute atomic E-state index is 11.0. The molecule has 15 heavy (non-hydrogen) atoms. The van der Waals surface area contributed by atoms with Crippen LogP contribution in [0.5, 0.6) is 0 Å². The number of hydrogen-bond donors (Lipinski definition) is 2. The number of amides is 1. The first-order chi connectivity index (χ1) is 6.82. The first-order valence-electron chi connectivity index (χ1n) is 5.54. The van der Waals surface area contributed by atoms with Crippen molar-refractivity contribution in [3.8, 4) is 0 Å². The molecule has 0 aliphatic heterocycles. The molecule has 1 atom stereocenters. The number of nitrogens with zero attached hydrogens (tertiary/aromatic N) is 1. The molecular formula is C11H25N3O. The van der Waals surface area contributed by atoms with Crippen LogP contribution in [-0.4, -0.2) is 37.0 Å². The van der Waals surface area contributed by atoms with E-state index in [1.54, 1.807) is 0 Å². The second kappa shape index (κ2) is 6.08. The van der Waals surface area contributed by atoms with Crippen molar-refractivity contribution < 1.29 is 4.79 Å². The summed E-state index contributed by atoms with van der Waals surface area (Å²) in [7, 11) is 0. The molecule has 0 bridgehead atoms. The summed E-state index contributed by atoms with van der Waals surface area (Å²) in [6, 6.07) is 0. The lowest BCUT2D eigenvalue weighted by molar-refractivity contribution is -0.121. The molecule has 0 aliphatic rings. The molecule has 4 heteroatoms. The number of nitrogens with two attached hydrogens (primary N) is 2. The normalized spacial score (nSPS) is 14.3. The molecule has 0 aliphatic carbocycles. The van der Waals surface area contributed by atoms with Crippen molar-refractivity contribution in [2.24, 2.45) is 22.8 Å². The average molecular weight is 215 g/mol. The third-order valence-electron chi connectivity index (χ3n) is 2.67. The number of hydrogen-bond acceptors (Lipinski definition) is 3. The number of rotatable bonds is 7. The second-order valence-electron chi connectivity index (χ2n) is 5.00. The smallest absolute Gasteiger partial charge is 0.221 e. The molecule has 0 heterocycles. The minimum Gasteiger partial charge on any atom is -0.369 e. The van der Waals surface area contributed by atoms with Gasteiger partial charge in [0, 0.05) is 19.0 Å². The molecular weight excluding hydrogens is 190 g/mol. The Labute approximate surface area is 93.0 Å². The van der Waals surface area contributed by atoms with E-state index >= 15 is 0 Å². The third kappa shape index (κ3) is 5.74. The van der Waals surface area contributed by atoms with E-state index in [0.717, 1.165) is 19.6 Å². The van der Waals surface area contributed by atoms with Crippen LogP contribution in [0.1, 0.15) is 27.7 Å². The van der Waals surface area contributed by atoms with Gasteiger partial charge < -0.3 is 16.4 Å². The molecule has 0 radical (unpaired) electrons. The van der Waals surface area contributed by atoms with E-state index in [1.165, 1.54) is 0 Å². The molecule has 4 nitrogen and oxygen atoms in total. The van der Waals surface area contributed by atoms with Crippen molar-refractivity contribution in [2.45, 2.75) is 27.7 Å². The van der Waals surface area contributed by atoms with Gasteiger partial charge in [-0.2, -0.15) is 0 Å². The van der Waals surface area contributed by atoms with Gasteiger partial charge in [-0.3, -0.25) is 4.79 Å². The van der Waals surface area contributed by atoms with Crippen LogP contribution < -0.4 is 11.5 Å². The molecule has 0 aromatic rings. The molecule has 90 valence electrons. The zero-order valence-corrected chi connectivity index (χ0v) is 10.4. The maximum atomic E-state index is 11.0. The fraction of sp³-hybridized carbons (Fsp3) is 0.909. The van der Waals surface area contributed by atoms with Crippen LogP contribution in [-0.2, 0) is 4.79 Å². The van der Waals surface area contributed by atoms with Crippen molar-refractivity contribution in [3.63, 3.8) is 0 Å². The summed E-state index contributed by atoms with van der Waals surface area (Å²) in [4.78, 5) is 13.2. The van der Waals surface area contributed by atoms with Gasteiger partial charge in [-0.15, -0.1) is 0 Å². The molecule has 0 saturated carbocycles. The van der Waals surface area contributed by atoms with Crippen LogP contribution in [0, 0.1) is 11.3 Å². The standard InChI is InChI=1S/C11H25N3O/c1-5-14(6-9(2)10(13)15)8-11(3,4)7-12/h9H,5-8,12H2,1-4H3,(H2,13,15). The fourth-order valence-corrected chi connectivity index (χ4v) is 1.45. The van der Waals surface area contributed by atoms with Gasteiger partial charge in [0.1, 0.15) is 0 Å². The highest BCUT2D eigenvalue weighted by molar-refractivity contribution is 5.76. The summed E-state index contributed by atoms with van der Waals surface area (Å²) >= 11 is 0. The van der Waals surface area contributed by atoms with Crippen molar-refractivity contribution in [1.29, 1.82) is 0 Å². The molecule has 0 aromatic carbocycles. The van der Waals surface area contributed by atoms with E-state index in [-0.39, 0.29) is 17.2 Å². The second-order valence-corrected chi connectivity index (χ2v) is 5.00. The highest BCUT2D eigenvalue weighted by Gasteiger charge is 2.21. The monoisotopic (exact) mass is 215 g/mol. The summed E-state index contributed by atoms with van der Waals surface area (Å²) in [5.74, 6) is -0.336. The summed E-state index contributed by atoms with van der Waals surface area (Å²) in [5, 5.41) is 0. The van der Waals surface area contributed by atoms with E-state index in [0.29, 0.717) is 6.54 Å². The lowest BCUT2D eigenvalue weighted by atomic mass is 9.92. The van der Waals surface area contributed by atoms with E-state index in [1.807, 2.05) is 6.92 Å². The average Bonchev–Trinajstić information content (AvgIpc) is 2.16. The lowest BCUT2D eigenvalue weighted by Gasteiger charge is -2.32. The van der Waals surface area contributed by atoms with Gasteiger partial charge in [0.15, 0.2) is 0 Å². The van der Waals surface area contributed by atoms with Crippen LogP contribution >= 0.6 is 0 Å². The summed E-state index contributed by atoms with van der Waals surface area (Å²) in [6.45, 7) is 11.4. The highest BCUT2D eigenvalue weighted by Crippen LogP contribution is 2.15. The summed E-state index contributed by atoms with van der Waals surface area (Å²) in [6.07, 6.45) is 0. The minimum absolute atomic E-state index is 0.0907. The molecule has 0 spiro atoms. The van der Waals surface area contributed by atoms with Gasteiger partial charge in [0.05, 0.1) is 0 Å². The molecule has 1 amide bonds. The highest BCUT2D eigenvalue weighted by atomic mass is 16.1.